The number of hydrogen-bond donors (Lipinski definition) is 0. The lowest BCUT2D eigenvalue weighted by Crippen LogP contribution is -2.31. The molecular formula is C17H20N2O3S. The van der Waals surface area contributed by atoms with Crippen molar-refractivity contribution < 1.29 is 14.3 Å². The molecule has 1 aliphatic heterocycles. The van der Waals surface area contributed by atoms with Crippen molar-refractivity contribution in [2.24, 2.45) is 7.05 Å². The summed E-state index contributed by atoms with van der Waals surface area (Å²) in [5.41, 5.74) is 1.72. The van der Waals surface area contributed by atoms with Gasteiger partial charge in [-0.1, -0.05) is 0 Å². The molecule has 1 aliphatic rings. The second-order valence-corrected chi connectivity index (χ2v) is 6.56. The van der Waals surface area contributed by atoms with Gasteiger partial charge in [0.25, 0.3) is 5.91 Å². The molecule has 0 spiro atoms. The number of ether oxygens (including phenoxy) is 2. The number of amides is 1. The molecule has 1 aromatic carbocycles. The maximum atomic E-state index is 13.0. The fourth-order valence-corrected chi connectivity index (χ4v) is 4.07. The van der Waals surface area contributed by atoms with Crippen molar-refractivity contribution in [2.75, 3.05) is 26.5 Å². The van der Waals surface area contributed by atoms with Gasteiger partial charge in [-0.05, 0) is 24.3 Å². The Kier molecular flexibility index (Phi) is 4.52. The highest BCUT2D eigenvalue weighted by molar-refractivity contribution is 7.99. The molecule has 2 heterocycles. The van der Waals surface area contributed by atoms with Crippen molar-refractivity contribution in [3.8, 4) is 11.5 Å². The highest BCUT2D eigenvalue weighted by atomic mass is 32.2. The lowest BCUT2D eigenvalue weighted by atomic mass is 10.1. The van der Waals surface area contributed by atoms with Crippen molar-refractivity contribution >= 4 is 17.7 Å². The molecule has 1 amide bonds. The number of hydrogen-bond acceptors (Lipinski definition) is 4. The van der Waals surface area contributed by atoms with E-state index in [9.17, 15) is 4.79 Å². The van der Waals surface area contributed by atoms with Crippen LogP contribution in [0.2, 0.25) is 0 Å². The fourth-order valence-electron chi connectivity index (χ4n) is 2.75. The Morgan fingerprint density at radius 2 is 1.91 bits per heavy atom. The molecule has 0 bridgehead atoms. The van der Waals surface area contributed by atoms with Gasteiger partial charge in [-0.3, -0.25) is 4.79 Å². The predicted molar refractivity (Wildman–Crippen MR) is 91.2 cm³/mol. The zero-order valence-corrected chi connectivity index (χ0v) is 14.3. The number of thioether (sulfide) groups is 1. The van der Waals surface area contributed by atoms with Crippen molar-refractivity contribution in [3.05, 3.63) is 47.8 Å². The molecule has 1 aromatic heterocycles. The Labute approximate surface area is 140 Å². The molecule has 3 rings (SSSR count). The monoisotopic (exact) mass is 332 g/mol. The summed E-state index contributed by atoms with van der Waals surface area (Å²) >= 11 is 1.79. The van der Waals surface area contributed by atoms with E-state index in [1.807, 2.05) is 24.2 Å². The Hall–Kier alpha value is -2.08. The minimum absolute atomic E-state index is 0.00148. The number of nitrogens with zero attached hydrogens (tertiary/aromatic N) is 2. The van der Waals surface area contributed by atoms with E-state index >= 15 is 0 Å². The van der Waals surface area contributed by atoms with Crippen LogP contribution in [-0.2, 0) is 7.05 Å². The number of methoxy groups -OCH3 is 2. The number of carbonyl (C=O) groups excluding carboxylic acids is 1. The van der Waals surface area contributed by atoms with Gasteiger partial charge in [0.1, 0.15) is 16.9 Å². The molecule has 0 N–H and O–H groups in total. The SMILES string of the molecule is COc1cc(OC)cc(C(=O)N2CCSC2c2cccn2C)c1. The van der Waals surface area contributed by atoms with E-state index in [-0.39, 0.29) is 11.3 Å². The van der Waals surface area contributed by atoms with E-state index in [4.69, 9.17) is 9.47 Å². The highest BCUT2D eigenvalue weighted by Crippen LogP contribution is 2.39. The molecule has 1 saturated heterocycles. The van der Waals surface area contributed by atoms with E-state index in [1.54, 1.807) is 44.2 Å². The molecule has 23 heavy (non-hydrogen) atoms. The first-order valence-electron chi connectivity index (χ1n) is 7.41. The molecule has 1 unspecified atom stereocenters. The number of benzene rings is 1. The Bertz CT molecular complexity index is 691. The smallest absolute Gasteiger partial charge is 0.255 e. The molecule has 0 radical (unpaired) electrons. The number of aryl methyl sites for hydroxylation is 1. The van der Waals surface area contributed by atoms with Gasteiger partial charge in [0, 0.05) is 37.2 Å². The van der Waals surface area contributed by atoms with Gasteiger partial charge >= 0.3 is 0 Å². The minimum Gasteiger partial charge on any atom is -0.497 e. The lowest BCUT2D eigenvalue weighted by Gasteiger charge is -2.24. The summed E-state index contributed by atoms with van der Waals surface area (Å²) in [5.74, 6) is 2.17. The van der Waals surface area contributed by atoms with E-state index in [0.717, 1.165) is 18.0 Å². The van der Waals surface area contributed by atoms with Crippen LogP contribution >= 0.6 is 11.8 Å². The van der Waals surface area contributed by atoms with E-state index in [0.29, 0.717) is 17.1 Å². The van der Waals surface area contributed by atoms with Crippen LogP contribution in [0.25, 0.3) is 0 Å². The van der Waals surface area contributed by atoms with Crippen molar-refractivity contribution in [3.63, 3.8) is 0 Å². The number of rotatable bonds is 4. The molecule has 2 aromatic rings. The third-order valence-electron chi connectivity index (χ3n) is 3.99. The minimum atomic E-state index is -0.00148. The Balaban J connectivity index is 1.91. The van der Waals surface area contributed by atoms with Crippen LogP contribution < -0.4 is 9.47 Å². The lowest BCUT2D eigenvalue weighted by molar-refractivity contribution is 0.0756. The average Bonchev–Trinajstić information content (AvgIpc) is 3.21. The van der Waals surface area contributed by atoms with Crippen LogP contribution in [0.15, 0.2) is 36.5 Å². The number of aromatic nitrogens is 1. The maximum Gasteiger partial charge on any atom is 0.255 e. The van der Waals surface area contributed by atoms with Crippen LogP contribution in [0.5, 0.6) is 11.5 Å². The normalized spacial score (nSPS) is 17.3. The van der Waals surface area contributed by atoms with Gasteiger partial charge < -0.3 is 18.9 Å². The average molecular weight is 332 g/mol. The maximum absolute atomic E-state index is 13.0. The standard InChI is InChI=1S/C17H20N2O3S/c1-18-6-4-5-15(18)17-19(7-8-23-17)16(20)12-9-13(21-2)11-14(10-12)22-3/h4-6,9-11,17H,7-8H2,1-3H3. The van der Waals surface area contributed by atoms with Crippen LogP contribution in [0.3, 0.4) is 0 Å². The van der Waals surface area contributed by atoms with Crippen LogP contribution in [0.1, 0.15) is 21.4 Å². The van der Waals surface area contributed by atoms with Crippen molar-refractivity contribution in [2.45, 2.75) is 5.37 Å². The second kappa shape index (κ2) is 6.58. The van der Waals surface area contributed by atoms with Gasteiger partial charge in [-0.2, -0.15) is 0 Å². The van der Waals surface area contributed by atoms with Gasteiger partial charge in [0.15, 0.2) is 0 Å². The number of carbonyl (C=O) groups is 1. The first-order valence-corrected chi connectivity index (χ1v) is 8.46. The molecule has 0 aliphatic carbocycles. The first-order chi connectivity index (χ1) is 11.1. The summed E-state index contributed by atoms with van der Waals surface area (Å²) in [7, 11) is 5.18. The van der Waals surface area contributed by atoms with Gasteiger partial charge in [-0.25, -0.2) is 0 Å². The molecule has 1 atom stereocenters. The quantitative estimate of drug-likeness (QED) is 0.863. The predicted octanol–water partition coefficient (Wildman–Crippen LogP) is 2.93. The van der Waals surface area contributed by atoms with Gasteiger partial charge in [-0.15, -0.1) is 11.8 Å². The van der Waals surface area contributed by atoms with Crippen LogP contribution in [0.4, 0.5) is 0 Å². The van der Waals surface area contributed by atoms with E-state index in [2.05, 4.69) is 10.6 Å². The largest absolute Gasteiger partial charge is 0.497 e. The summed E-state index contributed by atoms with van der Waals surface area (Å²) in [6, 6.07) is 9.36. The van der Waals surface area contributed by atoms with Gasteiger partial charge in [0.2, 0.25) is 0 Å². The molecular weight excluding hydrogens is 312 g/mol. The van der Waals surface area contributed by atoms with Crippen LogP contribution in [0, 0.1) is 0 Å². The summed E-state index contributed by atoms with van der Waals surface area (Å²) in [6.07, 6.45) is 2.01. The van der Waals surface area contributed by atoms with E-state index in [1.165, 1.54) is 0 Å². The highest BCUT2D eigenvalue weighted by Gasteiger charge is 2.32. The summed E-state index contributed by atoms with van der Waals surface area (Å²) in [6.45, 7) is 0.735. The van der Waals surface area contributed by atoms with Crippen molar-refractivity contribution in [1.82, 2.24) is 9.47 Å². The Morgan fingerprint density at radius 3 is 2.48 bits per heavy atom. The Morgan fingerprint density at radius 1 is 1.22 bits per heavy atom. The molecule has 0 saturated carbocycles. The van der Waals surface area contributed by atoms with E-state index < -0.39 is 0 Å². The van der Waals surface area contributed by atoms with Crippen LogP contribution in [-0.4, -0.2) is 41.9 Å². The molecule has 6 heteroatoms. The third kappa shape index (κ3) is 3.03. The first kappa shape index (κ1) is 15.8. The zero-order chi connectivity index (χ0) is 16.4. The molecule has 1 fully saturated rings. The summed E-state index contributed by atoms with van der Waals surface area (Å²) in [5, 5.41) is 0.0414. The summed E-state index contributed by atoms with van der Waals surface area (Å²) < 4.78 is 12.6. The third-order valence-corrected chi connectivity index (χ3v) is 5.22. The van der Waals surface area contributed by atoms with Gasteiger partial charge in [0.05, 0.1) is 19.9 Å². The zero-order valence-electron chi connectivity index (χ0n) is 13.5. The topological polar surface area (TPSA) is 43.7 Å². The fraction of sp³-hybridized carbons (Fsp3) is 0.353. The second-order valence-electron chi connectivity index (χ2n) is 5.37. The summed E-state index contributed by atoms with van der Waals surface area (Å²) in [4.78, 5) is 14.9. The molecule has 5 nitrogen and oxygen atoms in total. The van der Waals surface area contributed by atoms with Crippen molar-refractivity contribution in [1.29, 1.82) is 0 Å². The molecule has 122 valence electrons.